The molecule has 1 saturated carbocycles. The van der Waals surface area contributed by atoms with Crippen molar-refractivity contribution in [2.24, 2.45) is 0 Å². The second-order valence-corrected chi connectivity index (χ2v) is 9.07. The third kappa shape index (κ3) is 4.67. The summed E-state index contributed by atoms with van der Waals surface area (Å²) in [4.78, 5) is 30.5. The molecule has 3 aromatic rings. The van der Waals surface area contributed by atoms with Crippen LogP contribution in [0.3, 0.4) is 0 Å². The van der Waals surface area contributed by atoms with Gasteiger partial charge in [-0.3, -0.25) is 4.79 Å². The molecule has 0 spiro atoms. The smallest absolute Gasteiger partial charge is 0.339 e. The van der Waals surface area contributed by atoms with Crippen LogP contribution in [0.4, 0.5) is 0 Å². The standard InChI is InChI=1S/C28H28N2O4/c31-21-13-10-18(11-14-21)16-19-12-15-23-26(22-8-4-5-9-24(22)30-27(19)23)28(33)34-17-25(32)29-20-6-2-1-3-7-20/h4-5,8-11,13-14,16,20,31H,1-3,6-7,12,15,17H2,(H,29,32)/b19-16+. The predicted octanol–water partition coefficient (Wildman–Crippen LogP) is 5.03. The lowest BCUT2D eigenvalue weighted by atomic mass is 9.95. The van der Waals surface area contributed by atoms with E-state index in [9.17, 15) is 14.7 Å². The van der Waals surface area contributed by atoms with Gasteiger partial charge in [-0.05, 0) is 66.7 Å². The Kier molecular flexibility index (Phi) is 6.30. The fourth-order valence-corrected chi connectivity index (χ4v) is 5.00. The molecule has 0 radical (unpaired) electrons. The molecule has 2 N–H and O–H groups in total. The molecule has 1 amide bonds. The van der Waals surface area contributed by atoms with Gasteiger partial charge >= 0.3 is 5.97 Å². The first-order chi connectivity index (χ1) is 16.6. The number of allylic oxidation sites excluding steroid dienone is 1. The van der Waals surface area contributed by atoms with Gasteiger partial charge in [0.2, 0.25) is 0 Å². The molecule has 1 fully saturated rings. The van der Waals surface area contributed by atoms with Crippen LogP contribution in [0, 0.1) is 0 Å². The molecular weight excluding hydrogens is 428 g/mol. The lowest BCUT2D eigenvalue weighted by Gasteiger charge is -2.22. The van der Waals surface area contributed by atoms with E-state index >= 15 is 0 Å². The lowest BCUT2D eigenvalue weighted by molar-refractivity contribution is -0.125. The fraction of sp³-hybridized carbons (Fsp3) is 0.321. The van der Waals surface area contributed by atoms with E-state index in [-0.39, 0.29) is 24.3 Å². The number of hydrogen-bond donors (Lipinski definition) is 2. The highest BCUT2D eigenvalue weighted by molar-refractivity contribution is 6.07. The highest BCUT2D eigenvalue weighted by Gasteiger charge is 2.28. The van der Waals surface area contributed by atoms with E-state index in [1.165, 1.54) is 6.42 Å². The second kappa shape index (κ2) is 9.67. The number of phenolic OH excluding ortho intramolecular Hbond substituents is 1. The summed E-state index contributed by atoms with van der Waals surface area (Å²) >= 11 is 0. The van der Waals surface area contributed by atoms with Crippen molar-refractivity contribution in [2.45, 2.75) is 51.0 Å². The number of hydrogen-bond acceptors (Lipinski definition) is 5. The minimum atomic E-state index is -0.487. The van der Waals surface area contributed by atoms with Crippen LogP contribution < -0.4 is 5.32 Å². The number of nitrogens with zero attached hydrogens (tertiary/aromatic N) is 1. The van der Waals surface area contributed by atoms with E-state index in [4.69, 9.17) is 9.72 Å². The summed E-state index contributed by atoms with van der Waals surface area (Å²) in [5, 5.41) is 13.3. The van der Waals surface area contributed by atoms with Gasteiger partial charge in [-0.1, -0.05) is 49.6 Å². The first-order valence-electron chi connectivity index (χ1n) is 12.0. The Morgan fingerprint density at radius 1 is 1.03 bits per heavy atom. The normalized spacial score (nSPS) is 17.0. The molecule has 0 unspecified atom stereocenters. The molecule has 1 aromatic heterocycles. The Balaban J connectivity index is 1.41. The summed E-state index contributed by atoms with van der Waals surface area (Å²) in [6.45, 7) is -0.281. The summed E-state index contributed by atoms with van der Waals surface area (Å²) in [6, 6.07) is 14.7. The summed E-state index contributed by atoms with van der Waals surface area (Å²) in [7, 11) is 0. The summed E-state index contributed by atoms with van der Waals surface area (Å²) in [6.07, 6.45) is 8.90. The maximum atomic E-state index is 13.2. The van der Waals surface area contributed by atoms with Crippen molar-refractivity contribution in [3.05, 3.63) is 70.9 Å². The van der Waals surface area contributed by atoms with Gasteiger partial charge in [-0.25, -0.2) is 9.78 Å². The number of phenols is 1. The minimum Gasteiger partial charge on any atom is -0.508 e. The molecule has 174 valence electrons. The van der Waals surface area contributed by atoms with Gasteiger partial charge < -0.3 is 15.2 Å². The zero-order valence-corrected chi connectivity index (χ0v) is 19.0. The number of nitrogens with one attached hydrogen (secondary N) is 1. The Hall–Kier alpha value is -3.67. The molecular formula is C28H28N2O4. The Morgan fingerprint density at radius 3 is 2.59 bits per heavy atom. The Morgan fingerprint density at radius 2 is 1.79 bits per heavy atom. The molecule has 2 aromatic carbocycles. The first-order valence-corrected chi connectivity index (χ1v) is 12.0. The van der Waals surface area contributed by atoms with Gasteiger partial charge in [0.15, 0.2) is 6.61 Å². The number of carbonyl (C=O) groups is 2. The molecule has 2 aliphatic carbocycles. The Bertz CT molecular complexity index is 1260. The molecule has 34 heavy (non-hydrogen) atoms. The van der Waals surface area contributed by atoms with Crippen LogP contribution in [0.1, 0.15) is 65.7 Å². The maximum absolute atomic E-state index is 13.2. The molecule has 0 bridgehead atoms. The van der Waals surface area contributed by atoms with Crippen LogP contribution in [0.25, 0.3) is 22.6 Å². The quantitative estimate of drug-likeness (QED) is 0.526. The van der Waals surface area contributed by atoms with Crippen molar-refractivity contribution < 1.29 is 19.4 Å². The zero-order chi connectivity index (χ0) is 23.5. The molecule has 5 rings (SSSR count). The van der Waals surface area contributed by atoms with Crippen LogP contribution >= 0.6 is 0 Å². The minimum absolute atomic E-state index is 0.179. The SMILES string of the molecule is O=C(COC(=O)c1c2c(nc3ccccc13)/C(=C/c1ccc(O)cc1)CC2)NC1CCCCC1. The predicted molar refractivity (Wildman–Crippen MR) is 131 cm³/mol. The van der Waals surface area contributed by atoms with E-state index in [2.05, 4.69) is 5.32 Å². The third-order valence-corrected chi connectivity index (χ3v) is 6.68. The molecule has 6 nitrogen and oxygen atoms in total. The molecule has 0 atom stereocenters. The zero-order valence-electron chi connectivity index (χ0n) is 19.0. The van der Waals surface area contributed by atoms with Crippen molar-refractivity contribution in [3.8, 4) is 5.75 Å². The topological polar surface area (TPSA) is 88.5 Å². The van der Waals surface area contributed by atoms with Crippen molar-refractivity contribution in [1.82, 2.24) is 10.3 Å². The van der Waals surface area contributed by atoms with Gasteiger partial charge in [-0.2, -0.15) is 0 Å². The number of pyridine rings is 1. The molecule has 2 aliphatic rings. The third-order valence-electron chi connectivity index (χ3n) is 6.68. The Labute approximate surface area is 198 Å². The number of para-hydroxylation sites is 1. The number of ether oxygens (including phenoxy) is 1. The van der Waals surface area contributed by atoms with Crippen LogP contribution in [0.5, 0.6) is 5.75 Å². The molecule has 6 heteroatoms. The van der Waals surface area contributed by atoms with Crippen molar-refractivity contribution in [3.63, 3.8) is 0 Å². The maximum Gasteiger partial charge on any atom is 0.339 e. The number of aromatic nitrogens is 1. The fourth-order valence-electron chi connectivity index (χ4n) is 5.00. The van der Waals surface area contributed by atoms with Gasteiger partial charge in [-0.15, -0.1) is 0 Å². The van der Waals surface area contributed by atoms with Crippen LogP contribution in [-0.2, 0) is 16.0 Å². The van der Waals surface area contributed by atoms with E-state index in [0.717, 1.165) is 65.4 Å². The molecule has 1 heterocycles. The number of fused-ring (bicyclic) bond motifs is 2. The number of amides is 1. The van der Waals surface area contributed by atoms with Crippen molar-refractivity contribution >= 4 is 34.4 Å². The first kappa shape index (κ1) is 22.1. The average Bonchev–Trinajstić information content (AvgIpc) is 3.25. The van der Waals surface area contributed by atoms with Crippen molar-refractivity contribution in [1.29, 1.82) is 0 Å². The molecule has 0 saturated heterocycles. The van der Waals surface area contributed by atoms with Crippen LogP contribution in [-0.4, -0.2) is 34.6 Å². The number of carbonyl (C=O) groups excluding carboxylic acids is 2. The number of benzene rings is 2. The highest BCUT2D eigenvalue weighted by atomic mass is 16.5. The summed E-state index contributed by atoms with van der Waals surface area (Å²) in [5.41, 5.74) is 4.87. The number of esters is 1. The highest BCUT2D eigenvalue weighted by Crippen LogP contribution is 2.38. The largest absolute Gasteiger partial charge is 0.508 e. The van der Waals surface area contributed by atoms with E-state index in [1.807, 2.05) is 42.5 Å². The van der Waals surface area contributed by atoms with Crippen LogP contribution in [0.15, 0.2) is 48.5 Å². The van der Waals surface area contributed by atoms with Gasteiger partial charge in [0.05, 0.1) is 16.8 Å². The van der Waals surface area contributed by atoms with E-state index in [0.29, 0.717) is 12.0 Å². The monoisotopic (exact) mass is 456 g/mol. The summed E-state index contributed by atoms with van der Waals surface area (Å²) in [5.74, 6) is -0.515. The lowest BCUT2D eigenvalue weighted by Crippen LogP contribution is -2.38. The number of rotatable bonds is 5. The molecule has 0 aliphatic heterocycles. The van der Waals surface area contributed by atoms with Gasteiger partial charge in [0.1, 0.15) is 5.75 Å². The summed E-state index contributed by atoms with van der Waals surface area (Å²) < 4.78 is 5.51. The average molecular weight is 457 g/mol. The van der Waals surface area contributed by atoms with Gasteiger partial charge in [0.25, 0.3) is 5.91 Å². The second-order valence-electron chi connectivity index (χ2n) is 9.07. The van der Waals surface area contributed by atoms with E-state index in [1.54, 1.807) is 12.1 Å². The van der Waals surface area contributed by atoms with Crippen molar-refractivity contribution in [2.75, 3.05) is 6.61 Å². The van der Waals surface area contributed by atoms with Crippen LogP contribution in [0.2, 0.25) is 0 Å². The number of aromatic hydroxyl groups is 1. The van der Waals surface area contributed by atoms with E-state index < -0.39 is 5.97 Å². The van der Waals surface area contributed by atoms with Gasteiger partial charge in [0, 0.05) is 11.4 Å².